The van der Waals surface area contributed by atoms with E-state index in [-0.39, 0.29) is 11.5 Å². The molecule has 0 saturated heterocycles. The lowest BCUT2D eigenvalue weighted by Gasteiger charge is -2.08. The van der Waals surface area contributed by atoms with E-state index in [4.69, 9.17) is 5.73 Å². The van der Waals surface area contributed by atoms with Crippen LogP contribution >= 0.6 is 0 Å². The van der Waals surface area contributed by atoms with Crippen LogP contribution in [0.3, 0.4) is 0 Å². The van der Waals surface area contributed by atoms with Crippen LogP contribution in [0, 0.1) is 0 Å². The van der Waals surface area contributed by atoms with Crippen molar-refractivity contribution in [2.24, 2.45) is 5.73 Å². The average Bonchev–Trinajstić information content (AvgIpc) is 2.38. The molecule has 19 heavy (non-hydrogen) atoms. The monoisotopic (exact) mass is 258 g/mol. The molecule has 2 rings (SSSR count). The first-order valence-electron chi connectivity index (χ1n) is 5.71. The average molecular weight is 258 g/mol. The largest absolute Gasteiger partial charge is 0.508 e. The molecule has 0 saturated carbocycles. The van der Waals surface area contributed by atoms with Gasteiger partial charge in [-0.05, 0) is 36.4 Å². The van der Waals surface area contributed by atoms with Gasteiger partial charge in [0.25, 0.3) is 0 Å². The molecule has 0 aromatic heterocycles. The second-order valence-corrected chi connectivity index (χ2v) is 4.11. The highest BCUT2D eigenvalue weighted by molar-refractivity contribution is 5.93. The third-order valence-electron chi connectivity index (χ3n) is 2.72. The highest BCUT2D eigenvalue weighted by Gasteiger charge is 2.03. The summed E-state index contributed by atoms with van der Waals surface area (Å²) in [5.41, 5.74) is 7.06. The van der Waals surface area contributed by atoms with Crippen molar-refractivity contribution in [3.8, 4) is 11.5 Å². The smallest absolute Gasteiger partial charge is 0.248 e. The quantitative estimate of drug-likeness (QED) is 0.672. The number of nitrogens with one attached hydrogen (secondary N) is 1. The summed E-state index contributed by atoms with van der Waals surface area (Å²) in [5.74, 6) is -0.420. The number of benzene rings is 2. The summed E-state index contributed by atoms with van der Waals surface area (Å²) in [6.45, 7) is 0.405. The number of phenols is 2. The number of primary amides is 1. The Morgan fingerprint density at radius 1 is 1.11 bits per heavy atom. The Morgan fingerprint density at radius 3 is 2.37 bits per heavy atom. The fourth-order valence-electron chi connectivity index (χ4n) is 1.65. The van der Waals surface area contributed by atoms with Gasteiger partial charge in [0, 0.05) is 29.4 Å². The van der Waals surface area contributed by atoms with Crippen LogP contribution in [0.1, 0.15) is 15.9 Å². The Bertz CT molecular complexity index is 594. The Hall–Kier alpha value is -2.69. The summed E-state index contributed by atoms with van der Waals surface area (Å²) in [7, 11) is 0. The maximum Gasteiger partial charge on any atom is 0.248 e. The molecule has 2 aromatic rings. The minimum atomic E-state index is -0.470. The first-order chi connectivity index (χ1) is 9.06. The highest BCUT2D eigenvalue weighted by Crippen LogP contribution is 2.23. The van der Waals surface area contributed by atoms with E-state index in [0.29, 0.717) is 17.7 Å². The van der Waals surface area contributed by atoms with E-state index in [1.807, 2.05) is 0 Å². The van der Waals surface area contributed by atoms with Crippen LogP contribution in [0.2, 0.25) is 0 Å². The molecule has 0 spiro atoms. The zero-order chi connectivity index (χ0) is 13.8. The zero-order valence-corrected chi connectivity index (χ0v) is 10.1. The van der Waals surface area contributed by atoms with Crippen LogP contribution in [0.4, 0.5) is 5.69 Å². The number of aromatic hydroxyl groups is 2. The predicted octanol–water partition coefficient (Wildman–Crippen LogP) is 1.81. The molecular weight excluding hydrogens is 244 g/mol. The lowest BCUT2D eigenvalue weighted by Crippen LogP contribution is -2.10. The van der Waals surface area contributed by atoms with Crippen molar-refractivity contribution in [1.29, 1.82) is 0 Å². The van der Waals surface area contributed by atoms with Gasteiger partial charge in [-0.15, -0.1) is 0 Å². The van der Waals surface area contributed by atoms with E-state index >= 15 is 0 Å². The van der Waals surface area contributed by atoms with Gasteiger partial charge in [0.1, 0.15) is 11.5 Å². The molecule has 0 atom stereocenters. The maximum absolute atomic E-state index is 10.9. The van der Waals surface area contributed by atoms with E-state index in [1.165, 1.54) is 12.1 Å². The van der Waals surface area contributed by atoms with Gasteiger partial charge in [-0.3, -0.25) is 4.79 Å². The molecule has 0 unspecified atom stereocenters. The number of rotatable bonds is 4. The Morgan fingerprint density at radius 2 is 1.79 bits per heavy atom. The summed E-state index contributed by atoms with van der Waals surface area (Å²) in [6.07, 6.45) is 0. The van der Waals surface area contributed by atoms with Crippen molar-refractivity contribution in [2.75, 3.05) is 5.32 Å². The van der Waals surface area contributed by atoms with E-state index in [9.17, 15) is 15.0 Å². The molecular formula is C14H14N2O3. The minimum Gasteiger partial charge on any atom is -0.508 e. The molecule has 1 amide bonds. The van der Waals surface area contributed by atoms with Gasteiger partial charge < -0.3 is 21.3 Å². The summed E-state index contributed by atoms with van der Waals surface area (Å²) >= 11 is 0. The standard InChI is InChI=1S/C14H14N2O3/c15-14(19)9-1-4-11(5-2-9)16-8-10-3-6-12(17)7-13(10)18/h1-7,16-18H,8H2,(H2,15,19). The molecule has 2 aromatic carbocycles. The number of phenolic OH excluding ortho intramolecular Hbond substituents is 2. The van der Waals surface area contributed by atoms with Crippen LogP contribution in [0.5, 0.6) is 11.5 Å². The number of carbonyl (C=O) groups excluding carboxylic acids is 1. The van der Waals surface area contributed by atoms with Gasteiger partial charge in [0.15, 0.2) is 0 Å². The Kier molecular flexibility index (Phi) is 3.56. The Balaban J connectivity index is 2.04. The number of anilines is 1. The first-order valence-corrected chi connectivity index (χ1v) is 5.71. The van der Waals surface area contributed by atoms with E-state index in [0.717, 1.165) is 5.69 Å². The molecule has 5 nitrogen and oxygen atoms in total. The van der Waals surface area contributed by atoms with Crippen molar-refractivity contribution in [1.82, 2.24) is 0 Å². The van der Waals surface area contributed by atoms with Crippen LogP contribution < -0.4 is 11.1 Å². The van der Waals surface area contributed by atoms with E-state index in [1.54, 1.807) is 30.3 Å². The van der Waals surface area contributed by atoms with E-state index in [2.05, 4.69) is 5.32 Å². The molecule has 0 fully saturated rings. The maximum atomic E-state index is 10.9. The zero-order valence-electron chi connectivity index (χ0n) is 10.1. The van der Waals surface area contributed by atoms with Crippen LogP contribution in [-0.2, 0) is 6.54 Å². The Labute approximate surface area is 110 Å². The highest BCUT2D eigenvalue weighted by atomic mass is 16.3. The number of hydrogen-bond acceptors (Lipinski definition) is 4. The van der Waals surface area contributed by atoms with Crippen molar-refractivity contribution in [2.45, 2.75) is 6.54 Å². The minimum absolute atomic E-state index is 0.0204. The molecule has 5 N–H and O–H groups in total. The van der Waals surface area contributed by atoms with Gasteiger partial charge in [0.05, 0.1) is 0 Å². The van der Waals surface area contributed by atoms with Crippen LogP contribution in [0.25, 0.3) is 0 Å². The van der Waals surface area contributed by atoms with Crippen LogP contribution in [0.15, 0.2) is 42.5 Å². The molecule has 5 heteroatoms. The molecule has 0 bridgehead atoms. The van der Waals surface area contributed by atoms with Gasteiger partial charge in [-0.25, -0.2) is 0 Å². The third kappa shape index (κ3) is 3.16. The van der Waals surface area contributed by atoms with Crippen molar-refractivity contribution in [3.63, 3.8) is 0 Å². The number of amides is 1. The van der Waals surface area contributed by atoms with E-state index < -0.39 is 5.91 Å². The van der Waals surface area contributed by atoms with Gasteiger partial charge >= 0.3 is 0 Å². The van der Waals surface area contributed by atoms with Gasteiger partial charge in [0.2, 0.25) is 5.91 Å². The topological polar surface area (TPSA) is 95.6 Å². The van der Waals surface area contributed by atoms with Crippen molar-refractivity contribution < 1.29 is 15.0 Å². The van der Waals surface area contributed by atoms with Crippen molar-refractivity contribution in [3.05, 3.63) is 53.6 Å². The normalized spacial score (nSPS) is 10.1. The van der Waals surface area contributed by atoms with Crippen LogP contribution in [-0.4, -0.2) is 16.1 Å². The molecule has 0 aliphatic heterocycles. The summed E-state index contributed by atoms with van der Waals surface area (Å²) in [4.78, 5) is 10.9. The molecule has 0 aliphatic rings. The van der Waals surface area contributed by atoms with Gasteiger partial charge in [-0.2, -0.15) is 0 Å². The molecule has 0 radical (unpaired) electrons. The summed E-state index contributed by atoms with van der Waals surface area (Å²) in [5, 5.41) is 21.9. The van der Waals surface area contributed by atoms with Gasteiger partial charge in [-0.1, -0.05) is 0 Å². The number of nitrogens with two attached hydrogens (primary N) is 1. The lowest BCUT2D eigenvalue weighted by atomic mass is 10.1. The first kappa shape index (κ1) is 12.8. The summed E-state index contributed by atoms with van der Waals surface area (Å²) in [6, 6.07) is 11.1. The number of carbonyl (C=O) groups is 1. The SMILES string of the molecule is NC(=O)c1ccc(NCc2ccc(O)cc2O)cc1. The fourth-order valence-corrected chi connectivity index (χ4v) is 1.65. The molecule has 0 heterocycles. The summed E-state index contributed by atoms with van der Waals surface area (Å²) < 4.78 is 0. The second kappa shape index (κ2) is 5.30. The third-order valence-corrected chi connectivity index (χ3v) is 2.72. The lowest BCUT2D eigenvalue weighted by molar-refractivity contribution is 0.100. The predicted molar refractivity (Wildman–Crippen MR) is 72.1 cm³/mol. The molecule has 0 aliphatic carbocycles. The fraction of sp³-hybridized carbons (Fsp3) is 0.0714. The van der Waals surface area contributed by atoms with Crippen molar-refractivity contribution >= 4 is 11.6 Å². The molecule has 98 valence electrons. The second-order valence-electron chi connectivity index (χ2n) is 4.11. The number of hydrogen-bond donors (Lipinski definition) is 4.